The topological polar surface area (TPSA) is 35.2 Å². The normalized spacial score (nSPS) is 10.6. The van der Waals surface area contributed by atoms with Gasteiger partial charge in [0.05, 0.1) is 0 Å². The maximum absolute atomic E-state index is 6.11. The van der Waals surface area contributed by atoms with Crippen LogP contribution in [0.15, 0.2) is 34.8 Å². The van der Waals surface area contributed by atoms with E-state index in [0.717, 1.165) is 27.1 Å². The van der Waals surface area contributed by atoms with Gasteiger partial charge in [-0.25, -0.2) is 0 Å². The molecule has 0 radical (unpaired) electrons. The van der Waals surface area contributed by atoms with Crippen molar-refractivity contribution >= 4 is 15.9 Å². The third-order valence-corrected chi connectivity index (χ3v) is 3.83. The Morgan fingerprint density at radius 1 is 1.05 bits per heavy atom. The molecule has 0 saturated heterocycles. The average molecular weight is 320 g/mol. The predicted molar refractivity (Wildman–Crippen MR) is 82.8 cm³/mol. The molecular weight excluding hydrogens is 302 g/mol. The van der Waals surface area contributed by atoms with Gasteiger partial charge in [0.1, 0.15) is 11.5 Å². The van der Waals surface area contributed by atoms with Gasteiger partial charge >= 0.3 is 0 Å². The maximum Gasteiger partial charge on any atom is 0.133 e. The molecule has 100 valence electrons. The minimum atomic E-state index is 0.465. The smallest absolute Gasteiger partial charge is 0.133 e. The molecule has 0 unspecified atom stereocenters. The molecule has 0 aromatic heterocycles. The first-order chi connectivity index (χ1) is 9.02. The van der Waals surface area contributed by atoms with Gasteiger partial charge in [0, 0.05) is 16.6 Å². The van der Waals surface area contributed by atoms with Gasteiger partial charge in [0.2, 0.25) is 0 Å². The van der Waals surface area contributed by atoms with E-state index in [1.165, 1.54) is 11.1 Å². The van der Waals surface area contributed by atoms with E-state index in [1.54, 1.807) is 0 Å². The first-order valence-corrected chi connectivity index (χ1v) is 7.05. The van der Waals surface area contributed by atoms with Crippen LogP contribution in [0.5, 0.6) is 11.5 Å². The predicted octanol–water partition coefficient (Wildman–Crippen LogP) is 4.63. The van der Waals surface area contributed by atoms with Crippen molar-refractivity contribution in [1.82, 2.24) is 0 Å². The molecule has 0 aliphatic rings. The van der Waals surface area contributed by atoms with Gasteiger partial charge in [-0.1, -0.05) is 34.1 Å². The van der Waals surface area contributed by atoms with Crippen molar-refractivity contribution in [3.8, 4) is 11.5 Å². The Bertz CT molecular complexity index is 608. The van der Waals surface area contributed by atoms with Crippen LogP contribution in [-0.4, -0.2) is 0 Å². The molecule has 0 aliphatic carbocycles. The zero-order valence-electron chi connectivity index (χ0n) is 11.5. The zero-order chi connectivity index (χ0) is 14.0. The molecule has 2 N–H and O–H groups in total. The number of hydrogen-bond donors (Lipinski definition) is 1. The van der Waals surface area contributed by atoms with E-state index in [2.05, 4.69) is 48.8 Å². The van der Waals surface area contributed by atoms with Crippen LogP contribution in [0.1, 0.15) is 22.3 Å². The maximum atomic E-state index is 6.11. The summed E-state index contributed by atoms with van der Waals surface area (Å²) in [6.45, 7) is 6.69. The largest absolute Gasteiger partial charge is 0.456 e. The fraction of sp³-hybridized carbons (Fsp3) is 0.250. The summed E-state index contributed by atoms with van der Waals surface area (Å²) in [7, 11) is 0. The summed E-state index contributed by atoms with van der Waals surface area (Å²) in [4.78, 5) is 0. The molecule has 2 aromatic carbocycles. The number of halogens is 1. The molecule has 2 nitrogen and oxygen atoms in total. The summed E-state index contributed by atoms with van der Waals surface area (Å²) in [5, 5.41) is 0. The van der Waals surface area contributed by atoms with Crippen LogP contribution >= 0.6 is 15.9 Å². The Morgan fingerprint density at radius 2 is 1.74 bits per heavy atom. The molecule has 2 aromatic rings. The number of aryl methyl sites for hydroxylation is 2. The number of ether oxygens (including phenoxy) is 1. The molecule has 0 fully saturated rings. The fourth-order valence-corrected chi connectivity index (χ4v) is 2.32. The molecule has 0 saturated carbocycles. The lowest BCUT2D eigenvalue weighted by atomic mass is 10.1. The Hall–Kier alpha value is -1.32. The van der Waals surface area contributed by atoms with E-state index >= 15 is 0 Å². The zero-order valence-corrected chi connectivity index (χ0v) is 13.0. The van der Waals surface area contributed by atoms with Crippen LogP contribution < -0.4 is 10.5 Å². The van der Waals surface area contributed by atoms with E-state index in [1.807, 2.05) is 18.2 Å². The van der Waals surface area contributed by atoms with Gasteiger partial charge in [0.25, 0.3) is 0 Å². The quantitative estimate of drug-likeness (QED) is 0.895. The van der Waals surface area contributed by atoms with Crippen molar-refractivity contribution in [1.29, 1.82) is 0 Å². The minimum Gasteiger partial charge on any atom is -0.456 e. The highest BCUT2D eigenvalue weighted by molar-refractivity contribution is 9.10. The van der Waals surface area contributed by atoms with Crippen LogP contribution in [0.3, 0.4) is 0 Å². The molecule has 0 bridgehead atoms. The highest BCUT2D eigenvalue weighted by Gasteiger charge is 2.10. The molecule has 2 rings (SSSR count). The standard InChI is InChI=1S/C16H18BrNO/c1-10-4-5-11(2)16(12(10)3)19-15-8-14(17)7-6-13(15)9-18/h4-8H,9,18H2,1-3H3. The lowest BCUT2D eigenvalue weighted by molar-refractivity contribution is 0.468. The third-order valence-electron chi connectivity index (χ3n) is 3.33. The van der Waals surface area contributed by atoms with E-state index in [9.17, 15) is 0 Å². The Balaban J connectivity index is 2.47. The summed E-state index contributed by atoms with van der Waals surface area (Å²) < 4.78 is 7.10. The number of benzene rings is 2. The molecule has 0 spiro atoms. The number of hydrogen-bond acceptors (Lipinski definition) is 2. The second-order valence-electron chi connectivity index (χ2n) is 4.71. The van der Waals surface area contributed by atoms with Gasteiger partial charge in [-0.15, -0.1) is 0 Å². The highest BCUT2D eigenvalue weighted by Crippen LogP contribution is 2.33. The van der Waals surface area contributed by atoms with Crippen LogP contribution in [0.2, 0.25) is 0 Å². The third kappa shape index (κ3) is 2.99. The highest BCUT2D eigenvalue weighted by atomic mass is 79.9. The Morgan fingerprint density at radius 3 is 2.42 bits per heavy atom. The van der Waals surface area contributed by atoms with E-state index in [-0.39, 0.29) is 0 Å². The SMILES string of the molecule is Cc1ccc(C)c(Oc2cc(Br)ccc2CN)c1C. The molecule has 0 amide bonds. The molecule has 19 heavy (non-hydrogen) atoms. The van der Waals surface area contributed by atoms with Crippen LogP contribution in [0.4, 0.5) is 0 Å². The van der Waals surface area contributed by atoms with Gasteiger partial charge in [-0.05, 0) is 49.6 Å². The van der Waals surface area contributed by atoms with Crippen LogP contribution in [0.25, 0.3) is 0 Å². The van der Waals surface area contributed by atoms with Gasteiger partial charge in [-0.3, -0.25) is 0 Å². The van der Waals surface area contributed by atoms with Crippen molar-refractivity contribution in [2.24, 2.45) is 5.73 Å². The minimum absolute atomic E-state index is 0.465. The second-order valence-corrected chi connectivity index (χ2v) is 5.63. The lowest BCUT2D eigenvalue weighted by Gasteiger charge is -2.16. The first-order valence-electron chi connectivity index (χ1n) is 6.26. The summed E-state index contributed by atoms with van der Waals surface area (Å²) in [5.74, 6) is 1.74. The van der Waals surface area contributed by atoms with Crippen LogP contribution in [0, 0.1) is 20.8 Å². The van der Waals surface area contributed by atoms with Crippen molar-refractivity contribution in [3.05, 3.63) is 57.1 Å². The molecule has 0 aliphatic heterocycles. The van der Waals surface area contributed by atoms with Gasteiger partial charge in [-0.2, -0.15) is 0 Å². The molecule has 0 heterocycles. The van der Waals surface area contributed by atoms with E-state index < -0.39 is 0 Å². The summed E-state index contributed by atoms with van der Waals surface area (Å²) in [6.07, 6.45) is 0. The molecular formula is C16H18BrNO. The average Bonchev–Trinajstić information content (AvgIpc) is 2.39. The summed E-state index contributed by atoms with van der Waals surface area (Å²) in [5.41, 5.74) is 10.3. The second kappa shape index (κ2) is 5.76. The van der Waals surface area contributed by atoms with E-state index in [4.69, 9.17) is 10.5 Å². The molecule has 3 heteroatoms. The summed E-state index contributed by atoms with van der Waals surface area (Å²) in [6, 6.07) is 10.1. The summed E-state index contributed by atoms with van der Waals surface area (Å²) >= 11 is 3.47. The first kappa shape index (κ1) is 14.1. The van der Waals surface area contributed by atoms with E-state index in [0.29, 0.717) is 6.54 Å². The van der Waals surface area contributed by atoms with Gasteiger partial charge in [0.15, 0.2) is 0 Å². The Labute approximate surface area is 122 Å². The number of rotatable bonds is 3. The Kier molecular flexibility index (Phi) is 4.27. The van der Waals surface area contributed by atoms with Crippen molar-refractivity contribution in [3.63, 3.8) is 0 Å². The van der Waals surface area contributed by atoms with Crippen LogP contribution in [-0.2, 0) is 6.54 Å². The fourth-order valence-electron chi connectivity index (χ4n) is 1.98. The van der Waals surface area contributed by atoms with Crippen molar-refractivity contribution in [2.75, 3.05) is 0 Å². The molecule has 0 atom stereocenters. The van der Waals surface area contributed by atoms with Crippen molar-refractivity contribution in [2.45, 2.75) is 27.3 Å². The van der Waals surface area contributed by atoms with Gasteiger partial charge < -0.3 is 10.5 Å². The monoisotopic (exact) mass is 319 g/mol. The van der Waals surface area contributed by atoms with Crippen molar-refractivity contribution < 1.29 is 4.74 Å². The lowest BCUT2D eigenvalue weighted by Crippen LogP contribution is -2.01. The number of nitrogens with two attached hydrogens (primary N) is 1.